The zero-order valence-electron chi connectivity index (χ0n) is 37.4. The van der Waals surface area contributed by atoms with Gasteiger partial charge in [-0.1, -0.05) is 194 Å². The van der Waals surface area contributed by atoms with Crippen LogP contribution >= 0.6 is 0 Å². The molecule has 318 valence electrons. The Labute approximate surface area is 395 Å². The second-order valence-corrected chi connectivity index (χ2v) is 18.4. The van der Waals surface area contributed by atoms with Gasteiger partial charge in [-0.3, -0.25) is 0 Å². The van der Waals surface area contributed by atoms with Crippen LogP contribution in [0.15, 0.2) is 260 Å². The van der Waals surface area contributed by atoms with Crippen molar-refractivity contribution in [1.29, 1.82) is 0 Å². The number of allylic oxidation sites excluding steroid dienone is 4. The number of para-hydroxylation sites is 1. The standard InChI is InChI=1S/C66H44N2/c1-4-18-44(19-5-1)46-22-16-28-52(40-46)67-60-33-15-13-31-55(60)57-42-48(34-37-61(57)67)49-35-38-62-58(43-49)64-63(68(62)53-29-17-23-47(41-53)45-20-6-2-7-21-45)39-36-56-54-30-12-14-32-59(54)66(65(56)64,51-26-10-11-27-51)50-24-8-3-9-25-50/h1-26,28-43H,27H2. The fraction of sp³-hybridized carbons (Fsp3) is 0.0303. The molecule has 0 N–H and O–H groups in total. The van der Waals surface area contributed by atoms with Crippen molar-refractivity contribution in [2.24, 2.45) is 0 Å². The largest absolute Gasteiger partial charge is 0.309 e. The van der Waals surface area contributed by atoms with E-state index in [0.29, 0.717) is 0 Å². The second-order valence-electron chi connectivity index (χ2n) is 18.4. The van der Waals surface area contributed by atoms with Crippen LogP contribution in [0, 0.1) is 0 Å². The summed E-state index contributed by atoms with van der Waals surface area (Å²) in [5.41, 5.74) is 21.8. The molecule has 2 aliphatic rings. The zero-order chi connectivity index (χ0) is 44.8. The molecule has 2 nitrogen and oxygen atoms in total. The molecular formula is C66H44N2. The first-order valence-corrected chi connectivity index (χ1v) is 23.7. The van der Waals surface area contributed by atoms with Gasteiger partial charge >= 0.3 is 0 Å². The van der Waals surface area contributed by atoms with Gasteiger partial charge in [0.25, 0.3) is 0 Å². The zero-order valence-corrected chi connectivity index (χ0v) is 37.4. The summed E-state index contributed by atoms with van der Waals surface area (Å²) < 4.78 is 4.94. The van der Waals surface area contributed by atoms with Crippen LogP contribution in [0.25, 0.3) is 99.5 Å². The van der Waals surface area contributed by atoms with Gasteiger partial charge in [0.05, 0.1) is 27.5 Å². The Bertz CT molecular complexity index is 4030. The Balaban J connectivity index is 1.04. The van der Waals surface area contributed by atoms with Crippen LogP contribution in [-0.2, 0) is 5.41 Å². The topological polar surface area (TPSA) is 9.86 Å². The van der Waals surface area contributed by atoms with Crippen molar-refractivity contribution in [2.75, 3.05) is 0 Å². The monoisotopic (exact) mass is 864 g/mol. The molecule has 0 spiro atoms. The van der Waals surface area contributed by atoms with Gasteiger partial charge in [-0.2, -0.15) is 0 Å². The fourth-order valence-electron chi connectivity index (χ4n) is 11.9. The van der Waals surface area contributed by atoms with Gasteiger partial charge in [-0.15, -0.1) is 0 Å². The van der Waals surface area contributed by atoms with Gasteiger partial charge in [0.2, 0.25) is 0 Å². The lowest BCUT2D eigenvalue weighted by atomic mass is 9.66. The second kappa shape index (κ2) is 15.2. The molecule has 0 saturated carbocycles. The average molecular weight is 865 g/mol. The van der Waals surface area contributed by atoms with E-state index in [4.69, 9.17) is 0 Å². The van der Waals surface area contributed by atoms with E-state index >= 15 is 0 Å². The molecule has 2 aromatic heterocycles. The van der Waals surface area contributed by atoms with Crippen molar-refractivity contribution < 1.29 is 0 Å². The van der Waals surface area contributed by atoms with Crippen molar-refractivity contribution in [3.05, 3.63) is 277 Å². The summed E-state index contributed by atoms with van der Waals surface area (Å²) in [6.07, 6.45) is 7.86. The Morgan fingerprint density at radius 3 is 1.56 bits per heavy atom. The van der Waals surface area contributed by atoms with E-state index in [0.717, 1.165) is 17.8 Å². The molecular weight excluding hydrogens is 821 g/mol. The quantitative estimate of drug-likeness (QED) is 0.151. The number of rotatable bonds is 7. The average Bonchev–Trinajstić information content (AvgIpc) is 4.21. The molecule has 0 amide bonds. The van der Waals surface area contributed by atoms with Crippen LogP contribution in [0.2, 0.25) is 0 Å². The van der Waals surface area contributed by atoms with Crippen LogP contribution < -0.4 is 0 Å². The van der Waals surface area contributed by atoms with Gasteiger partial charge in [-0.05, 0) is 134 Å². The SMILES string of the molecule is C1=CCC(C2(c3ccccc3)c3ccccc3-c3ccc4c(c32)c2cc(-c3ccc5c(c3)c3ccccc3n5-c3cccc(-c5ccccc5)c3)ccc2n4-c2cccc(-c3ccccc3)c2)=C1. The van der Waals surface area contributed by atoms with Crippen molar-refractivity contribution in [2.45, 2.75) is 11.8 Å². The molecule has 12 aromatic rings. The normalized spacial score (nSPS) is 15.1. The third-order valence-corrected chi connectivity index (χ3v) is 14.8. The molecule has 0 bridgehead atoms. The highest BCUT2D eigenvalue weighted by Crippen LogP contribution is 2.60. The third-order valence-electron chi connectivity index (χ3n) is 14.8. The highest BCUT2D eigenvalue weighted by atomic mass is 15.0. The summed E-state index contributed by atoms with van der Waals surface area (Å²) in [4.78, 5) is 0. The maximum atomic E-state index is 2.52. The van der Waals surface area contributed by atoms with Crippen LogP contribution in [0.1, 0.15) is 23.1 Å². The van der Waals surface area contributed by atoms with Crippen LogP contribution in [-0.4, -0.2) is 9.13 Å². The van der Waals surface area contributed by atoms with E-state index < -0.39 is 5.41 Å². The van der Waals surface area contributed by atoms with Crippen LogP contribution in [0.5, 0.6) is 0 Å². The summed E-state index contributed by atoms with van der Waals surface area (Å²) in [5, 5.41) is 5.03. The lowest BCUT2D eigenvalue weighted by Gasteiger charge is -2.35. The first-order chi connectivity index (χ1) is 33.7. The number of hydrogen-bond acceptors (Lipinski definition) is 0. The number of aromatic nitrogens is 2. The van der Waals surface area contributed by atoms with Crippen molar-refractivity contribution in [3.8, 4) is 55.9 Å². The third kappa shape index (κ3) is 5.64. The van der Waals surface area contributed by atoms with Crippen LogP contribution in [0.4, 0.5) is 0 Å². The summed E-state index contributed by atoms with van der Waals surface area (Å²) in [6, 6.07) is 87.7. The molecule has 0 aliphatic heterocycles. The van der Waals surface area contributed by atoms with Crippen molar-refractivity contribution in [1.82, 2.24) is 9.13 Å². The van der Waals surface area contributed by atoms with E-state index in [-0.39, 0.29) is 0 Å². The van der Waals surface area contributed by atoms with Gasteiger partial charge in [0, 0.05) is 32.9 Å². The van der Waals surface area contributed by atoms with E-state index in [2.05, 4.69) is 264 Å². The van der Waals surface area contributed by atoms with E-state index in [1.54, 1.807) is 0 Å². The first kappa shape index (κ1) is 38.5. The minimum absolute atomic E-state index is 0.490. The van der Waals surface area contributed by atoms with Gasteiger partial charge in [0.1, 0.15) is 0 Å². The fourth-order valence-corrected chi connectivity index (χ4v) is 11.9. The first-order valence-electron chi connectivity index (χ1n) is 23.7. The van der Waals surface area contributed by atoms with Crippen LogP contribution in [0.3, 0.4) is 0 Å². The molecule has 14 rings (SSSR count). The predicted octanol–water partition coefficient (Wildman–Crippen LogP) is 17.1. The molecule has 1 atom stereocenters. The number of nitrogens with zero attached hydrogens (tertiary/aromatic N) is 2. The van der Waals surface area contributed by atoms with E-state index in [1.165, 1.54) is 110 Å². The Morgan fingerprint density at radius 2 is 0.882 bits per heavy atom. The molecule has 10 aromatic carbocycles. The highest BCUT2D eigenvalue weighted by molar-refractivity contribution is 6.17. The predicted molar refractivity (Wildman–Crippen MR) is 285 cm³/mol. The maximum absolute atomic E-state index is 2.52. The summed E-state index contributed by atoms with van der Waals surface area (Å²) >= 11 is 0. The van der Waals surface area contributed by atoms with E-state index in [9.17, 15) is 0 Å². The molecule has 68 heavy (non-hydrogen) atoms. The molecule has 2 heterocycles. The van der Waals surface area contributed by atoms with Gasteiger partial charge in [0.15, 0.2) is 0 Å². The Morgan fingerprint density at radius 1 is 0.353 bits per heavy atom. The molecule has 2 aliphatic carbocycles. The molecule has 2 heteroatoms. The van der Waals surface area contributed by atoms with Crippen molar-refractivity contribution >= 4 is 43.6 Å². The van der Waals surface area contributed by atoms with Crippen molar-refractivity contribution in [3.63, 3.8) is 0 Å². The highest BCUT2D eigenvalue weighted by Gasteiger charge is 2.49. The Hall–Kier alpha value is -8.72. The number of hydrogen-bond donors (Lipinski definition) is 0. The Kier molecular flexibility index (Phi) is 8.60. The van der Waals surface area contributed by atoms with E-state index in [1.807, 2.05) is 0 Å². The van der Waals surface area contributed by atoms with Gasteiger partial charge in [-0.25, -0.2) is 0 Å². The van der Waals surface area contributed by atoms with Gasteiger partial charge < -0.3 is 9.13 Å². The smallest absolute Gasteiger partial charge is 0.0686 e. The summed E-state index contributed by atoms with van der Waals surface area (Å²) in [7, 11) is 0. The summed E-state index contributed by atoms with van der Waals surface area (Å²) in [5.74, 6) is 0. The summed E-state index contributed by atoms with van der Waals surface area (Å²) in [6.45, 7) is 0. The lowest BCUT2D eigenvalue weighted by Crippen LogP contribution is -2.29. The molecule has 0 saturated heterocycles. The lowest BCUT2D eigenvalue weighted by molar-refractivity contribution is 0.738. The maximum Gasteiger partial charge on any atom is 0.0686 e. The molecule has 0 radical (unpaired) electrons. The molecule has 0 fully saturated rings. The minimum atomic E-state index is -0.490. The minimum Gasteiger partial charge on any atom is -0.309 e. The molecule has 1 unspecified atom stereocenters. The number of fused-ring (bicyclic) bond motifs is 10. The number of benzene rings is 10.